The number of urea groups is 1. The van der Waals surface area contributed by atoms with E-state index in [2.05, 4.69) is 0 Å². The van der Waals surface area contributed by atoms with Crippen LogP contribution in [-0.4, -0.2) is 52.7 Å². The lowest BCUT2D eigenvalue weighted by molar-refractivity contribution is -0.140. The molecule has 0 aliphatic carbocycles. The summed E-state index contributed by atoms with van der Waals surface area (Å²) >= 11 is 0. The number of carbonyl (C=O) groups is 3. The zero-order valence-corrected chi connectivity index (χ0v) is 11.3. The Bertz CT molecular complexity index is 533. The summed E-state index contributed by atoms with van der Waals surface area (Å²) in [6.07, 6.45) is 0. The van der Waals surface area contributed by atoms with E-state index >= 15 is 0 Å². The third-order valence-electron chi connectivity index (χ3n) is 2.61. The van der Waals surface area contributed by atoms with Gasteiger partial charge in [0.15, 0.2) is 0 Å². The molecule has 0 aliphatic heterocycles. The van der Waals surface area contributed by atoms with E-state index in [4.69, 9.17) is 10.2 Å². The Morgan fingerprint density at radius 2 is 1.62 bits per heavy atom. The first-order valence-electron chi connectivity index (χ1n) is 6.11. The van der Waals surface area contributed by atoms with Crippen LogP contribution in [0.3, 0.4) is 0 Å². The maximum Gasteiger partial charge on any atom is 0.325 e. The number of para-hydroxylation sites is 1. The minimum Gasteiger partial charge on any atom is -0.480 e. The van der Waals surface area contributed by atoms with E-state index in [0.717, 1.165) is 11.0 Å². The standard InChI is InChI=1S/C13H15FN2O5/c1-2-16(10-6-4-3-5-9(10)14)13(21)15(7-11(17)18)8-12(19)20/h3-6H,2,7-8H2,1H3,(H,17,18)(H,19,20). The van der Waals surface area contributed by atoms with Gasteiger partial charge in [0, 0.05) is 6.54 Å². The fraction of sp³-hybridized carbons (Fsp3) is 0.308. The fourth-order valence-electron chi connectivity index (χ4n) is 1.77. The van der Waals surface area contributed by atoms with E-state index in [-0.39, 0.29) is 12.2 Å². The van der Waals surface area contributed by atoms with Crippen LogP contribution in [0.1, 0.15) is 6.92 Å². The molecule has 0 heterocycles. The van der Waals surface area contributed by atoms with Crippen molar-refractivity contribution in [2.45, 2.75) is 6.92 Å². The van der Waals surface area contributed by atoms with Crippen LogP contribution in [0, 0.1) is 5.82 Å². The molecule has 2 N–H and O–H groups in total. The third kappa shape index (κ3) is 4.44. The van der Waals surface area contributed by atoms with Crippen LogP contribution in [0.5, 0.6) is 0 Å². The maximum absolute atomic E-state index is 13.7. The molecule has 0 spiro atoms. The van der Waals surface area contributed by atoms with Gasteiger partial charge in [-0.2, -0.15) is 0 Å². The quantitative estimate of drug-likeness (QED) is 0.823. The second-order valence-electron chi connectivity index (χ2n) is 4.12. The van der Waals surface area contributed by atoms with Crippen LogP contribution in [0.25, 0.3) is 0 Å². The summed E-state index contributed by atoms with van der Waals surface area (Å²) in [6, 6.07) is 4.60. The molecule has 0 radical (unpaired) electrons. The largest absolute Gasteiger partial charge is 0.480 e. The number of benzene rings is 1. The van der Waals surface area contributed by atoms with E-state index in [1.165, 1.54) is 18.2 Å². The Morgan fingerprint density at radius 1 is 1.10 bits per heavy atom. The average molecular weight is 298 g/mol. The summed E-state index contributed by atoms with van der Waals surface area (Å²) in [5.74, 6) is -3.36. The number of aliphatic carboxylic acids is 2. The van der Waals surface area contributed by atoms with Crippen LogP contribution in [0.15, 0.2) is 24.3 Å². The zero-order valence-electron chi connectivity index (χ0n) is 11.3. The smallest absolute Gasteiger partial charge is 0.325 e. The molecule has 0 bridgehead atoms. The van der Waals surface area contributed by atoms with Crippen molar-refractivity contribution in [1.82, 2.24) is 4.90 Å². The summed E-state index contributed by atoms with van der Waals surface area (Å²) in [5, 5.41) is 17.5. The molecule has 1 aromatic carbocycles. The molecule has 8 heteroatoms. The molecular weight excluding hydrogens is 283 g/mol. The second-order valence-corrected chi connectivity index (χ2v) is 4.12. The van der Waals surface area contributed by atoms with Gasteiger partial charge in [0.1, 0.15) is 18.9 Å². The van der Waals surface area contributed by atoms with Crippen molar-refractivity contribution in [3.63, 3.8) is 0 Å². The molecule has 0 aromatic heterocycles. The molecule has 0 aliphatic rings. The van der Waals surface area contributed by atoms with Crippen molar-refractivity contribution >= 4 is 23.7 Å². The molecular formula is C13H15FN2O5. The van der Waals surface area contributed by atoms with Crippen LogP contribution < -0.4 is 4.90 Å². The SMILES string of the molecule is CCN(C(=O)N(CC(=O)O)CC(=O)O)c1ccccc1F. The first kappa shape index (κ1) is 16.4. The van der Waals surface area contributed by atoms with E-state index in [0.29, 0.717) is 4.90 Å². The molecule has 2 amide bonds. The average Bonchev–Trinajstić information content (AvgIpc) is 2.39. The first-order chi connectivity index (χ1) is 9.86. The number of carbonyl (C=O) groups excluding carboxylic acids is 1. The van der Waals surface area contributed by atoms with Gasteiger partial charge in [0.25, 0.3) is 0 Å². The van der Waals surface area contributed by atoms with Crippen molar-refractivity contribution in [2.75, 3.05) is 24.5 Å². The van der Waals surface area contributed by atoms with Crippen LogP contribution in [0.2, 0.25) is 0 Å². The van der Waals surface area contributed by atoms with Crippen molar-refractivity contribution < 1.29 is 29.0 Å². The Kier molecular flexibility index (Phi) is 5.65. The Hall–Kier alpha value is -2.64. The number of hydrogen-bond donors (Lipinski definition) is 2. The number of carboxylic acids is 2. The third-order valence-corrected chi connectivity index (χ3v) is 2.61. The van der Waals surface area contributed by atoms with Crippen molar-refractivity contribution in [3.05, 3.63) is 30.1 Å². The molecule has 1 aromatic rings. The number of carboxylic acid groups (broad SMARTS) is 2. The molecule has 7 nitrogen and oxygen atoms in total. The van der Waals surface area contributed by atoms with E-state index in [9.17, 15) is 18.8 Å². The van der Waals surface area contributed by atoms with Crippen LogP contribution in [-0.2, 0) is 9.59 Å². The summed E-state index contributed by atoms with van der Waals surface area (Å²) in [4.78, 5) is 35.3. The van der Waals surface area contributed by atoms with Crippen molar-refractivity contribution in [1.29, 1.82) is 0 Å². The van der Waals surface area contributed by atoms with Crippen molar-refractivity contribution in [3.8, 4) is 0 Å². The number of amides is 2. The number of rotatable bonds is 6. The molecule has 0 unspecified atom stereocenters. The Morgan fingerprint density at radius 3 is 2.05 bits per heavy atom. The number of anilines is 1. The van der Waals surface area contributed by atoms with E-state index in [1.807, 2.05) is 0 Å². The lowest BCUT2D eigenvalue weighted by atomic mass is 10.2. The van der Waals surface area contributed by atoms with Gasteiger partial charge in [-0.25, -0.2) is 9.18 Å². The predicted molar refractivity (Wildman–Crippen MR) is 71.7 cm³/mol. The summed E-state index contributed by atoms with van der Waals surface area (Å²) in [7, 11) is 0. The minimum atomic E-state index is -1.35. The highest BCUT2D eigenvalue weighted by Gasteiger charge is 2.26. The van der Waals surface area contributed by atoms with Gasteiger partial charge in [-0.3, -0.25) is 14.5 Å². The summed E-state index contributed by atoms with van der Waals surface area (Å²) < 4.78 is 13.7. The molecule has 1 rings (SSSR count). The Labute approximate surface area is 120 Å². The van der Waals surface area contributed by atoms with Gasteiger partial charge >= 0.3 is 18.0 Å². The highest BCUT2D eigenvalue weighted by atomic mass is 19.1. The van der Waals surface area contributed by atoms with Crippen molar-refractivity contribution in [2.24, 2.45) is 0 Å². The monoisotopic (exact) mass is 298 g/mol. The number of nitrogens with zero attached hydrogens (tertiary/aromatic N) is 2. The molecule has 0 saturated carbocycles. The molecule has 21 heavy (non-hydrogen) atoms. The minimum absolute atomic E-state index is 0.0363. The van der Waals surface area contributed by atoms with Gasteiger partial charge < -0.3 is 15.1 Å². The summed E-state index contributed by atoms with van der Waals surface area (Å²) in [6.45, 7) is 0.0751. The number of hydrogen-bond acceptors (Lipinski definition) is 3. The molecule has 0 atom stereocenters. The Balaban J connectivity index is 3.06. The van der Waals surface area contributed by atoms with Gasteiger partial charge in [-0.1, -0.05) is 12.1 Å². The highest BCUT2D eigenvalue weighted by Crippen LogP contribution is 2.19. The normalized spacial score (nSPS) is 10.0. The fourth-order valence-corrected chi connectivity index (χ4v) is 1.77. The summed E-state index contributed by atoms with van der Waals surface area (Å²) in [5.41, 5.74) is -0.0363. The second kappa shape index (κ2) is 7.22. The van der Waals surface area contributed by atoms with Gasteiger partial charge in [-0.05, 0) is 19.1 Å². The molecule has 114 valence electrons. The lowest BCUT2D eigenvalue weighted by Gasteiger charge is -2.28. The molecule has 0 saturated heterocycles. The highest BCUT2D eigenvalue weighted by molar-refractivity contribution is 5.95. The van der Waals surface area contributed by atoms with E-state index in [1.54, 1.807) is 6.92 Å². The van der Waals surface area contributed by atoms with Gasteiger partial charge in [0.2, 0.25) is 0 Å². The van der Waals surface area contributed by atoms with Crippen LogP contribution in [0.4, 0.5) is 14.9 Å². The lowest BCUT2D eigenvalue weighted by Crippen LogP contribution is -2.47. The van der Waals surface area contributed by atoms with Crippen LogP contribution >= 0.6 is 0 Å². The van der Waals surface area contributed by atoms with Gasteiger partial charge in [0.05, 0.1) is 5.69 Å². The predicted octanol–water partition coefficient (Wildman–Crippen LogP) is 1.24. The molecule has 0 fully saturated rings. The van der Waals surface area contributed by atoms with E-state index < -0.39 is 36.9 Å². The first-order valence-corrected chi connectivity index (χ1v) is 6.11. The topological polar surface area (TPSA) is 98.2 Å². The van der Waals surface area contributed by atoms with Gasteiger partial charge in [-0.15, -0.1) is 0 Å². The number of halogens is 1. The maximum atomic E-state index is 13.7. The zero-order chi connectivity index (χ0) is 16.0.